The van der Waals surface area contributed by atoms with Crippen LogP contribution < -0.4 is 0 Å². The molecule has 0 saturated heterocycles. The van der Waals surface area contributed by atoms with Gasteiger partial charge in [0.1, 0.15) is 0 Å². The zero-order chi connectivity index (χ0) is 30.2. The van der Waals surface area contributed by atoms with Crippen LogP contribution in [0, 0.1) is 5.92 Å². The van der Waals surface area contributed by atoms with Gasteiger partial charge in [-0.1, -0.05) is 136 Å². The Kier molecular flexibility index (Phi) is 7.97. The first-order valence-electron chi connectivity index (χ1n) is 16.0. The number of benzene rings is 3. The molecule has 2 unspecified atom stereocenters. The second-order valence-corrected chi connectivity index (χ2v) is 12.7. The number of aryl methyl sites for hydroxylation is 1. The molecule has 0 aromatic heterocycles. The van der Waals surface area contributed by atoms with Gasteiger partial charge in [0.2, 0.25) is 0 Å². The topological polar surface area (TPSA) is 0 Å². The van der Waals surface area contributed by atoms with Crippen molar-refractivity contribution in [2.75, 3.05) is 0 Å². The van der Waals surface area contributed by atoms with Gasteiger partial charge in [0.05, 0.1) is 0 Å². The van der Waals surface area contributed by atoms with Crippen LogP contribution in [-0.4, -0.2) is 0 Å². The molecule has 1 fully saturated rings. The van der Waals surface area contributed by atoms with Gasteiger partial charge in [0, 0.05) is 11.8 Å². The number of rotatable bonds is 8. The summed E-state index contributed by atoms with van der Waals surface area (Å²) in [5, 5.41) is 2.69. The third-order valence-electron chi connectivity index (χ3n) is 9.72. The van der Waals surface area contributed by atoms with Crippen LogP contribution in [0.2, 0.25) is 0 Å². The van der Waals surface area contributed by atoms with Crippen molar-refractivity contribution < 1.29 is 0 Å². The summed E-state index contributed by atoms with van der Waals surface area (Å²) in [6, 6.07) is 22.4. The molecule has 3 aromatic carbocycles. The number of hydrogen-bond acceptors (Lipinski definition) is 0. The molecule has 1 saturated carbocycles. The largest absolute Gasteiger partial charge is 0.0955 e. The van der Waals surface area contributed by atoms with Crippen molar-refractivity contribution in [3.63, 3.8) is 0 Å². The molecule has 0 N–H and O–H groups in total. The second-order valence-electron chi connectivity index (χ2n) is 12.7. The molecule has 2 atom stereocenters. The summed E-state index contributed by atoms with van der Waals surface area (Å²) in [4.78, 5) is 0. The lowest BCUT2D eigenvalue weighted by Crippen LogP contribution is -2.22. The lowest BCUT2D eigenvalue weighted by atomic mass is 9.67. The summed E-state index contributed by atoms with van der Waals surface area (Å²) >= 11 is 0. The molecular weight excluding hydrogens is 516 g/mol. The first kappa shape index (κ1) is 28.9. The molecule has 0 bridgehead atoms. The van der Waals surface area contributed by atoms with E-state index in [0.29, 0.717) is 0 Å². The van der Waals surface area contributed by atoms with E-state index in [1.54, 1.807) is 0 Å². The number of allylic oxidation sites excluding steroid dienone is 13. The smallest absolute Gasteiger partial charge is 0.0210 e. The molecule has 0 heterocycles. The minimum absolute atomic E-state index is 0.231. The minimum atomic E-state index is 0.231. The Morgan fingerprint density at radius 1 is 0.930 bits per heavy atom. The minimum Gasteiger partial charge on any atom is -0.0955 e. The molecule has 6 rings (SSSR count). The molecule has 3 aliphatic carbocycles. The van der Waals surface area contributed by atoms with E-state index in [-0.39, 0.29) is 11.8 Å². The first-order chi connectivity index (χ1) is 20.8. The van der Waals surface area contributed by atoms with Gasteiger partial charge in [-0.15, -0.1) is 0 Å². The van der Waals surface area contributed by atoms with Crippen LogP contribution in [0.25, 0.3) is 21.9 Å². The molecule has 0 aliphatic heterocycles. The van der Waals surface area contributed by atoms with Crippen LogP contribution in [0.3, 0.4) is 0 Å². The van der Waals surface area contributed by atoms with Crippen LogP contribution in [0.1, 0.15) is 81.5 Å². The Morgan fingerprint density at radius 3 is 2.51 bits per heavy atom. The quantitative estimate of drug-likeness (QED) is 0.257. The molecule has 0 radical (unpaired) electrons. The summed E-state index contributed by atoms with van der Waals surface area (Å²) in [5.41, 5.74) is 17.5. The fourth-order valence-electron chi connectivity index (χ4n) is 7.65. The Labute approximate surface area is 258 Å². The maximum atomic E-state index is 4.83. The van der Waals surface area contributed by atoms with Gasteiger partial charge >= 0.3 is 0 Å². The van der Waals surface area contributed by atoms with Gasteiger partial charge in [-0.25, -0.2) is 0 Å². The van der Waals surface area contributed by atoms with Gasteiger partial charge < -0.3 is 0 Å². The monoisotopic (exact) mass is 560 g/mol. The summed E-state index contributed by atoms with van der Waals surface area (Å²) in [7, 11) is 0. The summed E-state index contributed by atoms with van der Waals surface area (Å²) in [5.74, 6) is 0.492. The summed E-state index contributed by atoms with van der Waals surface area (Å²) < 4.78 is 0. The second kappa shape index (κ2) is 11.8. The Bertz CT molecular complexity index is 1820. The van der Waals surface area contributed by atoms with Crippen LogP contribution in [0.5, 0.6) is 0 Å². The van der Waals surface area contributed by atoms with Gasteiger partial charge in [-0.2, -0.15) is 0 Å². The molecule has 43 heavy (non-hydrogen) atoms. The molecule has 0 amide bonds. The predicted molar refractivity (Wildman–Crippen MR) is 188 cm³/mol. The first-order valence-corrected chi connectivity index (χ1v) is 16.0. The van der Waals surface area contributed by atoms with E-state index in [2.05, 4.69) is 126 Å². The van der Waals surface area contributed by atoms with Crippen molar-refractivity contribution >= 4 is 21.9 Å². The molecule has 3 aliphatic rings. The van der Waals surface area contributed by atoms with Gasteiger partial charge in [0.25, 0.3) is 0 Å². The van der Waals surface area contributed by atoms with E-state index in [9.17, 15) is 0 Å². The zero-order valence-electron chi connectivity index (χ0n) is 26.4. The van der Waals surface area contributed by atoms with Crippen LogP contribution in [0.4, 0.5) is 0 Å². The highest BCUT2D eigenvalue weighted by Gasteiger charge is 2.42. The van der Waals surface area contributed by atoms with Crippen LogP contribution in [0.15, 0.2) is 144 Å². The van der Waals surface area contributed by atoms with Crippen LogP contribution in [-0.2, 0) is 6.42 Å². The Morgan fingerprint density at radius 2 is 1.74 bits per heavy atom. The highest BCUT2D eigenvalue weighted by molar-refractivity contribution is 5.88. The summed E-state index contributed by atoms with van der Waals surface area (Å²) in [6.07, 6.45) is 14.5. The lowest BCUT2D eigenvalue weighted by Gasteiger charge is -2.36. The van der Waals surface area contributed by atoms with E-state index in [1.165, 1.54) is 77.6 Å². The van der Waals surface area contributed by atoms with Gasteiger partial charge in [-0.05, 0) is 112 Å². The average molecular weight is 561 g/mol. The molecule has 216 valence electrons. The standard InChI is InChI=1S/C43H44/c1-8-13-28(5)40-29(6)22-38-26-37(24-31-18-19-36(23-31)35-16-12-15-34(25-35)27(3)4)30(7)41(38)43(40)42-32(9-2)20-21-33-14-10-11-17-39(33)42/h10-12,14-22,24-25,41,43H,3,5,7-9,13,23,26H2,1-2,4,6H3. The van der Waals surface area contributed by atoms with Crippen molar-refractivity contribution in [1.29, 1.82) is 0 Å². The van der Waals surface area contributed by atoms with E-state index >= 15 is 0 Å². The summed E-state index contributed by atoms with van der Waals surface area (Å²) in [6.45, 7) is 22.6. The normalized spacial score (nSPS) is 20.8. The maximum absolute atomic E-state index is 4.83. The van der Waals surface area contributed by atoms with E-state index in [0.717, 1.165) is 37.7 Å². The molecule has 0 heteroatoms. The Balaban J connectivity index is 1.39. The fraction of sp³-hybridized carbons (Fsp3) is 0.256. The van der Waals surface area contributed by atoms with Gasteiger partial charge in [0.15, 0.2) is 0 Å². The van der Waals surface area contributed by atoms with Crippen LogP contribution >= 0.6 is 0 Å². The van der Waals surface area contributed by atoms with Crippen molar-refractivity contribution in [3.05, 3.63) is 166 Å². The number of fused-ring (bicyclic) bond motifs is 2. The zero-order valence-corrected chi connectivity index (χ0v) is 26.4. The highest BCUT2D eigenvalue weighted by Crippen LogP contribution is 2.56. The predicted octanol–water partition coefficient (Wildman–Crippen LogP) is 12.0. The highest BCUT2D eigenvalue weighted by atomic mass is 14.4. The van der Waals surface area contributed by atoms with E-state index < -0.39 is 0 Å². The Hall–Kier alpha value is -4.16. The lowest BCUT2D eigenvalue weighted by molar-refractivity contribution is 0.618. The van der Waals surface area contributed by atoms with Crippen molar-refractivity contribution in [2.24, 2.45) is 5.92 Å². The van der Waals surface area contributed by atoms with Crippen molar-refractivity contribution in [1.82, 2.24) is 0 Å². The SMILES string of the molecule is C=C(CCC)C1=C(C)C=C2CC(=CC3=CC=C(c4cccc(C(=C)C)c4)C3)C(=C)C2C1c1c(CC)ccc2ccccc12. The molecule has 3 aromatic rings. The van der Waals surface area contributed by atoms with E-state index in [1.807, 2.05) is 0 Å². The number of hydrogen-bond donors (Lipinski definition) is 0. The van der Waals surface area contributed by atoms with Crippen molar-refractivity contribution in [3.8, 4) is 0 Å². The third-order valence-corrected chi connectivity index (χ3v) is 9.72. The molecule has 0 nitrogen and oxygen atoms in total. The van der Waals surface area contributed by atoms with Gasteiger partial charge in [-0.3, -0.25) is 0 Å². The van der Waals surface area contributed by atoms with Crippen molar-refractivity contribution in [2.45, 2.75) is 65.7 Å². The molecular formula is C43H44. The fourth-order valence-corrected chi connectivity index (χ4v) is 7.65. The maximum Gasteiger partial charge on any atom is 0.0210 e. The third kappa shape index (κ3) is 5.29. The average Bonchev–Trinajstić information content (AvgIpc) is 3.60. The van der Waals surface area contributed by atoms with E-state index in [4.69, 9.17) is 6.58 Å². The molecule has 0 spiro atoms.